The van der Waals surface area contributed by atoms with Crippen LogP contribution in [0.15, 0.2) is 11.2 Å². The van der Waals surface area contributed by atoms with E-state index in [1.807, 2.05) is 20.1 Å². The molecule has 0 aliphatic carbocycles. The zero-order valence-electron chi connectivity index (χ0n) is 8.50. The number of nitrogens with one attached hydrogen (secondary N) is 1. The number of rotatable bonds is 3. The van der Waals surface area contributed by atoms with Gasteiger partial charge in [0.15, 0.2) is 5.16 Å². The van der Waals surface area contributed by atoms with Crippen molar-refractivity contribution >= 4 is 17.7 Å². The number of aryl methyl sites for hydroxylation is 1. The van der Waals surface area contributed by atoms with Crippen LogP contribution >= 0.6 is 11.8 Å². The molecule has 0 saturated heterocycles. The van der Waals surface area contributed by atoms with Crippen LogP contribution in [0.5, 0.6) is 0 Å². The fourth-order valence-corrected chi connectivity index (χ4v) is 1.42. The Morgan fingerprint density at radius 1 is 1.57 bits per heavy atom. The summed E-state index contributed by atoms with van der Waals surface area (Å²) in [6.07, 6.45) is 1.89. The Balaban J connectivity index is 2.96. The van der Waals surface area contributed by atoms with Crippen LogP contribution < -0.4 is 5.32 Å². The van der Waals surface area contributed by atoms with Gasteiger partial charge in [0.2, 0.25) is 0 Å². The third kappa shape index (κ3) is 2.70. The van der Waals surface area contributed by atoms with Crippen molar-refractivity contribution in [1.82, 2.24) is 15.3 Å². The maximum absolute atomic E-state index is 11.5. The van der Waals surface area contributed by atoms with Gasteiger partial charge in [0.05, 0.1) is 0 Å². The molecule has 14 heavy (non-hydrogen) atoms. The van der Waals surface area contributed by atoms with Gasteiger partial charge in [0, 0.05) is 12.2 Å². The van der Waals surface area contributed by atoms with E-state index in [4.69, 9.17) is 0 Å². The Bertz CT molecular complexity index is 341. The molecule has 0 aliphatic rings. The predicted molar refractivity (Wildman–Crippen MR) is 56.6 cm³/mol. The van der Waals surface area contributed by atoms with Gasteiger partial charge in [-0.1, -0.05) is 11.8 Å². The Kier molecular flexibility index (Phi) is 3.88. The third-order valence-corrected chi connectivity index (χ3v) is 2.13. The van der Waals surface area contributed by atoms with Gasteiger partial charge in [-0.3, -0.25) is 4.79 Å². The van der Waals surface area contributed by atoms with Gasteiger partial charge in [0.1, 0.15) is 5.69 Å². The average Bonchev–Trinajstić information content (AvgIpc) is 2.17. The number of thioether (sulfide) groups is 1. The molecule has 0 bridgehead atoms. The van der Waals surface area contributed by atoms with Crippen molar-refractivity contribution in [2.45, 2.75) is 19.0 Å². The van der Waals surface area contributed by atoms with Crippen molar-refractivity contribution in [2.24, 2.45) is 0 Å². The molecule has 1 aromatic rings. The first kappa shape index (κ1) is 11.0. The van der Waals surface area contributed by atoms with E-state index in [0.717, 1.165) is 5.69 Å². The summed E-state index contributed by atoms with van der Waals surface area (Å²) in [6.45, 7) is 4.34. The molecule has 0 radical (unpaired) electrons. The maximum atomic E-state index is 11.5. The van der Waals surface area contributed by atoms with Crippen molar-refractivity contribution < 1.29 is 4.79 Å². The molecule has 5 heteroatoms. The molecule has 4 nitrogen and oxygen atoms in total. The van der Waals surface area contributed by atoms with E-state index in [1.165, 1.54) is 11.8 Å². The SMILES string of the molecule is CCNC(=O)c1cc(C)nc(SC)n1. The van der Waals surface area contributed by atoms with Gasteiger partial charge < -0.3 is 5.32 Å². The summed E-state index contributed by atoms with van der Waals surface area (Å²) in [6, 6.07) is 1.69. The predicted octanol–water partition coefficient (Wildman–Crippen LogP) is 1.26. The van der Waals surface area contributed by atoms with Gasteiger partial charge in [-0.05, 0) is 26.2 Å². The Hall–Kier alpha value is -1.10. The smallest absolute Gasteiger partial charge is 0.270 e. The van der Waals surface area contributed by atoms with E-state index in [0.29, 0.717) is 17.4 Å². The third-order valence-electron chi connectivity index (χ3n) is 1.59. The topological polar surface area (TPSA) is 54.9 Å². The number of aromatic nitrogens is 2. The number of hydrogen-bond acceptors (Lipinski definition) is 4. The monoisotopic (exact) mass is 211 g/mol. The minimum Gasteiger partial charge on any atom is -0.351 e. The Labute approximate surface area is 87.5 Å². The van der Waals surface area contributed by atoms with Crippen LogP contribution in [0, 0.1) is 6.92 Å². The highest BCUT2D eigenvalue weighted by atomic mass is 32.2. The van der Waals surface area contributed by atoms with Crippen molar-refractivity contribution in [3.63, 3.8) is 0 Å². The summed E-state index contributed by atoms with van der Waals surface area (Å²) >= 11 is 1.43. The first-order valence-corrected chi connectivity index (χ1v) is 5.57. The molecule has 0 spiro atoms. The van der Waals surface area contributed by atoms with Crippen molar-refractivity contribution in [1.29, 1.82) is 0 Å². The maximum Gasteiger partial charge on any atom is 0.270 e. The fraction of sp³-hybridized carbons (Fsp3) is 0.444. The van der Waals surface area contributed by atoms with Crippen LogP contribution in [0.2, 0.25) is 0 Å². The normalized spacial score (nSPS) is 9.93. The number of carbonyl (C=O) groups excluding carboxylic acids is 1. The standard InChI is InChI=1S/C9H13N3OS/c1-4-10-8(13)7-5-6(2)11-9(12-7)14-3/h5H,4H2,1-3H3,(H,10,13). The average molecular weight is 211 g/mol. The Morgan fingerprint density at radius 2 is 2.29 bits per heavy atom. The minimum atomic E-state index is -0.145. The molecular formula is C9H13N3OS. The lowest BCUT2D eigenvalue weighted by molar-refractivity contribution is 0.0949. The first-order valence-electron chi connectivity index (χ1n) is 4.35. The van der Waals surface area contributed by atoms with Gasteiger partial charge in [-0.25, -0.2) is 9.97 Å². The first-order chi connectivity index (χ1) is 6.67. The molecule has 0 saturated carbocycles. The van der Waals surface area contributed by atoms with Crippen LogP contribution in [-0.4, -0.2) is 28.7 Å². The van der Waals surface area contributed by atoms with Gasteiger partial charge in [-0.2, -0.15) is 0 Å². The summed E-state index contributed by atoms with van der Waals surface area (Å²) in [5.41, 5.74) is 1.24. The van der Waals surface area contributed by atoms with E-state index in [2.05, 4.69) is 15.3 Å². The highest BCUT2D eigenvalue weighted by Crippen LogP contribution is 2.10. The molecule has 0 atom stereocenters. The zero-order chi connectivity index (χ0) is 10.6. The summed E-state index contributed by atoms with van der Waals surface area (Å²) in [4.78, 5) is 19.7. The van der Waals surface area contributed by atoms with E-state index in [-0.39, 0.29) is 5.91 Å². The van der Waals surface area contributed by atoms with Gasteiger partial charge >= 0.3 is 0 Å². The van der Waals surface area contributed by atoms with Gasteiger partial charge in [-0.15, -0.1) is 0 Å². The van der Waals surface area contributed by atoms with E-state index in [9.17, 15) is 4.79 Å². The summed E-state index contributed by atoms with van der Waals surface area (Å²) in [7, 11) is 0. The fourth-order valence-electron chi connectivity index (χ4n) is 1.00. The molecule has 1 heterocycles. The molecule has 0 unspecified atom stereocenters. The van der Waals surface area contributed by atoms with Crippen molar-refractivity contribution in [2.75, 3.05) is 12.8 Å². The van der Waals surface area contributed by atoms with Crippen molar-refractivity contribution in [3.05, 3.63) is 17.5 Å². The molecule has 1 rings (SSSR count). The zero-order valence-corrected chi connectivity index (χ0v) is 9.31. The van der Waals surface area contributed by atoms with Crippen LogP contribution in [0.1, 0.15) is 23.1 Å². The quantitative estimate of drug-likeness (QED) is 0.604. The molecular weight excluding hydrogens is 198 g/mol. The van der Waals surface area contributed by atoms with Crippen molar-refractivity contribution in [3.8, 4) is 0 Å². The second-order valence-corrected chi connectivity index (χ2v) is 3.51. The van der Waals surface area contributed by atoms with E-state index < -0.39 is 0 Å². The molecule has 0 aromatic carbocycles. The number of carbonyl (C=O) groups is 1. The highest BCUT2D eigenvalue weighted by molar-refractivity contribution is 7.98. The lowest BCUT2D eigenvalue weighted by Crippen LogP contribution is -2.24. The molecule has 1 aromatic heterocycles. The summed E-state index contributed by atoms with van der Waals surface area (Å²) in [5, 5.41) is 3.33. The van der Waals surface area contributed by atoms with E-state index >= 15 is 0 Å². The highest BCUT2D eigenvalue weighted by Gasteiger charge is 2.08. The summed E-state index contributed by atoms with van der Waals surface area (Å²) in [5.74, 6) is -0.145. The van der Waals surface area contributed by atoms with Crippen LogP contribution in [0.3, 0.4) is 0 Å². The van der Waals surface area contributed by atoms with Gasteiger partial charge in [0.25, 0.3) is 5.91 Å². The molecule has 76 valence electrons. The molecule has 0 aliphatic heterocycles. The summed E-state index contributed by atoms with van der Waals surface area (Å²) < 4.78 is 0. The Morgan fingerprint density at radius 3 is 2.86 bits per heavy atom. The molecule has 0 fully saturated rings. The second-order valence-electron chi connectivity index (χ2n) is 2.74. The lowest BCUT2D eigenvalue weighted by atomic mass is 10.3. The van der Waals surface area contributed by atoms with Crippen LogP contribution in [-0.2, 0) is 0 Å². The van der Waals surface area contributed by atoms with Crippen LogP contribution in [0.25, 0.3) is 0 Å². The molecule has 1 N–H and O–H groups in total. The number of amides is 1. The lowest BCUT2D eigenvalue weighted by Gasteiger charge is -2.03. The number of nitrogens with zero attached hydrogens (tertiary/aromatic N) is 2. The van der Waals surface area contributed by atoms with E-state index in [1.54, 1.807) is 6.07 Å². The second kappa shape index (κ2) is 4.95. The molecule has 1 amide bonds. The number of hydrogen-bond donors (Lipinski definition) is 1. The largest absolute Gasteiger partial charge is 0.351 e. The minimum absolute atomic E-state index is 0.145. The van der Waals surface area contributed by atoms with Crippen LogP contribution in [0.4, 0.5) is 0 Å².